The Kier molecular flexibility index (Phi) is 6.34. The highest BCUT2D eigenvalue weighted by molar-refractivity contribution is 5.88. The molecule has 1 atom stereocenters. The lowest BCUT2D eigenvalue weighted by Gasteiger charge is -2.15. The second-order valence-corrected chi connectivity index (χ2v) is 8.33. The van der Waals surface area contributed by atoms with Gasteiger partial charge in [-0.2, -0.15) is 13.2 Å². The molecule has 0 amide bonds. The Morgan fingerprint density at radius 3 is 2.63 bits per heavy atom. The van der Waals surface area contributed by atoms with E-state index in [0.29, 0.717) is 29.7 Å². The highest BCUT2D eigenvalue weighted by Crippen LogP contribution is 2.32. The number of likely N-dealkylation sites (tertiary alicyclic amines) is 1. The molecule has 4 aromatic rings. The molecule has 5 rings (SSSR count). The monoisotopic (exact) mass is 494 g/mol. The highest BCUT2D eigenvalue weighted by Gasteiger charge is 2.29. The van der Waals surface area contributed by atoms with Gasteiger partial charge in [-0.3, -0.25) is 0 Å². The summed E-state index contributed by atoms with van der Waals surface area (Å²) in [5.41, 5.74) is 8.33. The molecule has 0 bridgehead atoms. The lowest BCUT2D eigenvalue weighted by molar-refractivity contribution is -0.142. The third-order valence-electron chi connectivity index (χ3n) is 5.58. The topological polar surface area (TPSA) is 90.2 Å². The van der Waals surface area contributed by atoms with Crippen molar-refractivity contribution >= 4 is 22.5 Å². The van der Waals surface area contributed by atoms with E-state index < -0.39 is 24.7 Å². The van der Waals surface area contributed by atoms with Gasteiger partial charge in [0, 0.05) is 24.4 Å². The SMILES string of the molecule is C=C(C)N1CC[C@@H](F)C1.Cc1nc(N)nn2cc(F)c(-c3ccc4nnn(CC(F)(F)F)c4c3)c12. The molecule has 3 aromatic heterocycles. The smallest absolute Gasteiger partial charge is 0.372 e. The van der Waals surface area contributed by atoms with Crippen LogP contribution >= 0.6 is 0 Å². The zero-order chi connectivity index (χ0) is 25.5. The van der Waals surface area contributed by atoms with E-state index in [-0.39, 0.29) is 22.5 Å². The molecule has 0 radical (unpaired) electrons. The van der Waals surface area contributed by atoms with Crippen molar-refractivity contribution in [3.63, 3.8) is 0 Å². The summed E-state index contributed by atoms with van der Waals surface area (Å²) in [5.74, 6) is -0.610. The molecule has 0 aliphatic carbocycles. The molecule has 4 heterocycles. The Hall–Kier alpha value is -3.77. The third kappa shape index (κ3) is 5.17. The van der Waals surface area contributed by atoms with Gasteiger partial charge in [0.05, 0.1) is 22.9 Å². The first-order valence-corrected chi connectivity index (χ1v) is 10.7. The largest absolute Gasteiger partial charge is 0.408 e. The number of allylic oxidation sites excluding steroid dienone is 1. The average molecular weight is 494 g/mol. The Balaban J connectivity index is 0.000000271. The van der Waals surface area contributed by atoms with Gasteiger partial charge in [0.2, 0.25) is 5.95 Å². The van der Waals surface area contributed by atoms with Crippen LogP contribution in [0.2, 0.25) is 0 Å². The number of fused-ring (bicyclic) bond motifs is 2. The third-order valence-corrected chi connectivity index (χ3v) is 5.58. The van der Waals surface area contributed by atoms with Gasteiger partial charge in [0.15, 0.2) is 5.82 Å². The van der Waals surface area contributed by atoms with E-state index in [1.807, 2.05) is 11.8 Å². The molecule has 186 valence electrons. The number of aryl methyl sites for hydroxylation is 1. The lowest BCUT2D eigenvalue weighted by atomic mass is 10.1. The minimum atomic E-state index is -4.45. The number of nitrogens with zero attached hydrogens (tertiary/aromatic N) is 7. The molecule has 1 aliphatic rings. The molecule has 8 nitrogen and oxygen atoms in total. The van der Waals surface area contributed by atoms with E-state index in [4.69, 9.17) is 5.73 Å². The first kappa shape index (κ1) is 24.4. The van der Waals surface area contributed by atoms with Crippen LogP contribution in [0.1, 0.15) is 19.0 Å². The van der Waals surface area contributed by atoms with Crippen molar-refractivity contribution in [2.75, 3.05) is 18.8 Å². The molecule has 13 heteroatoms. The van der Waals surface area contributed by atoms with E-state index in [1.165, 1.54) is 16.6 Å². The van der Waals surface area contributed by atoms with Crippen LogP contribution < -0.4 is 5.73 Å². The number of anilines is 1. The normalized spacial score (nSPS) is 16.1. The maximum absolute atomic E-state index is 14.6. The fourth-order valence-electron chi connectivity index (χ4n) is 3.99. The fraction of sp³-hybridized carbons (Fsp3) is 0.364. The highest BCUT2D eigenvalue weighted by atomic mass is 19.4. The number of benzene rings is 1. The Morgan fingerprint density at radius 1 is 1.29 bits per heavy atom. The lowest BCUT2D eigenvalue weighted by Crippen LogP contribution is -2.18. The number of halogens is 5. The molecule has 1 aromatic carbocycles. The van der Waals surface area contributed by atoms with Crippen molar-refractivity contribution in [3.05, 3.63) is 48.2 Å². The quantitative estimate of drug-likeness (QED) is 0.427. The average Bonchev–Trinajstić information content (AvgIpc) is 3.44. The van der Waals surface area contributed by atoms with Gasteiger partial charge in [-0.05, 0) is 38.0 Å². The van der Waals surface area contributed by atoms with Crippen LogP contribution in [0.15, 0.2) is 36.7 Å². The summed E-state index contributed by atoms with van der Waals surface area (Å²) in [4.78, 5) is 6.00. The van der Waals surface area contributed by atoms with Gasteiger partial charge in [0.1, 0.15) is 18.2 Å². The number of hydrogen-bond donors (Lipinski definition) is 1. The number of hydrogen-bond acceptors (Lipinski definition) is 6. The number of nitrogens with two attached hydrogens (primary N) is 1. The maximum atomic E-state index is 14.6. The molecular weight excluding hydrogens is 471 g/mol. The number of rotatable bonds is 3. The molecule has 0 spiro atoms. The van der Waals surface area contributed by atoms with Crippen molar-refractivity contribution in [2.24, 2.45) is 0 Å². The van der Waals surface area contributed by atoms with Gasteiger partial charge in [-0.15, -0.1) is 10.2 Å². The van der Waals surface area contributed by atoms with E-state index in [1.54, 1.807) is 13.0 Å². The number of nitrogen functional groups attached to an aromatic ring is 1. The standard InChI is InChI=1S/C15H11F4N7.C7H12FN/c1-7-13-12(9(16)5-25(13)23-14(20)21-7)8-2-3-10-11(4-8)26(24-22-10)6-15(17,18)19;1-6(2)9-4-3-7(8)5-9/h2-5H,6H2,1H3,(H2,20,23);7H,1,3-5H2,2H3/t;7-/m.1/s1. The predicted octanol–water partition coefficient (Wildman–Crippen LogP) is 4.30. The van der Waals surface area contributed by atoms with Gasteiger partial charge < -0.3 is 10.6 Å². The van der Waals surface area contributed by atoms with Crippen LogP contribution in [-0.4, -0.2) is 59.9 Å². The zero-order valence-electron chi connectivity index (χ0n) is 19.0. The van der Waals surface area contributed by atoms with E-state index in [0.717, 1.165) is 23.1 Å². The molecule has 0 saturated carbocycles. The van der Waals surface area contributed by atoms with E-state index in [2.05, 4.69) is 27.0 Å². The van der Waals surface area contributed by atoms with Gasteiger partial charge in [0.25, 0.3) is 0 Å². The molecule has 0 unspecified atom stereocenters. The van der Waals surface area contributed by atoms with Crippen molar-refractivity contribution < 1.29 is 22.0 Å². The second-order valence-electron chi connectivity index (χ2n) is 8.33. The van der Waals surface area contributed by atoms with Gasteiger partial charge >= 0.3 is 6.18 Å². The summed E-state index contributed by atoms with van der Waals surface area (Å²) in [5, 5.41) is 11.2. The number of aromatic nitrogens is 6. The molecule has 1 aliphatic heterocycles. The van der Waals surface area contributed by atoms with Crippen LogP contribution in [0.3, 0.4) is 0 Å². The van der Waals surface area contributed by atoms with Crippen molar-refractivity contribution in [2.45, 2.75) is 39.2 Å². The Morgan fingerprint density at radius 2 is 2.03 bits per heavy atom. The summed E-state index contributed by atoms with van der Waals surface area (Å²) >= 11 is 0. The van der Waals surface area contributed by atoms with E-state index in [9.17, 15) is 22.0 Å². The minimum Gasteiger partial charge on any atom is -0.372 e. The second kappa shape index (κ2) is 9.12. The Labute approximate surface area is 196 Å². The van der Waals surface area contributed by atoms with Crippen LogP contribution in [0.4, 0.5) is 27.9 Å². The summed E-state index contributed by atoms with van der Waals surface area (Å²) in [7, 11) is 0. The van der Waals surface area contributed by atoms with Crippen LogP contribution in [0, 0.1) is 12.7 Å². The minimum absolute atomic E-state index is 0.0144. The molecule has 1 saturated heterocycles. The molecule has 2 N–H and O–H groups in total. The first-order valence-electron chi connectivity index (χ1n) is 10.7. The van der Waals surface area contributed by atoms with Crippen LogP contribution in [0.25, 0.3) is 27.7 Å². The predicted molar refractivity (Wildman–Crippen MR) is 121 cm³/mol. The van der Waals surface area contributed by atoms with Gasteiger partial charge in [-0.25, -0.2) is 23.0 Å². The first-order chi connectivity index (χ1) is 16.4. The van der Waals surface area contributed by atoms with E-state index >= 15 is 0 Å². The molecular formula is C22H23F5N8. The molecule has 35 heavy (non-hydrogen) atoms. The zero-order valence-corrected chi connectivity index (χ0v) is 19.0. The fourth-order valence-corrected chi connectivity index (χ4v) is 3.99. The van der Waals surface area contributed by atoms with Crippen molar-refractivity contribution in [1.82, 2.24) is 34.5 Å². The molecule has 1 fully saturated rings. The summed E-state index contributed by atoms with van der Waals surface area (Å²) in [6, 6.07) is 4.46. The van der Waals surface area contributed by atoms with Crippen LogP contribution in [-0.2, 0) is 6.54 Å². The van der Waals surface area contributed by atoms with Crippen molar-refractivity contribution in [3.8, 4) is 11.1 Å². The Bertz CT molecular complexity index is 1390. The van der Waals surface area contributed by atoms with Gasteiger partial charge in [-0.1, -0.05) is 17.9 Å². The maximum Gasteiger partial charge on any atom is 0.408 e. The van der Waals surface area contributed by atoms with Crippen molar-refractivity contribution in [1.29, 1.82) is 0 Å². The van der Waals surface area contributed by atoms with Crippen LogP contribution in [0.5, 0.6) is 0 Å². The number of alkyl halides is 4. The summed E-state index contributed by atoms with van der Waals surface area (Å²) < 4.78 is 67.1. The summed E-state index contributed by atoms with van der Waals surface area (Å²) in [6.45, 7) is 7.40. The summed E-state index contributed by atoms with van der Waals surface area (Å²) in [6.07, 6.45) is -3.26.